The summed E-state index contributed by atoms with van der Waals surface area (Å²) in [6.07, 6.45) is 5.02. The molecule has 0 spiro atoms. The predicted molar refractivity (Wildman–Crippen MR) is 70.2 cm³/mol. The van der Waals surface area contributed by atoms with E-state index in [0.29, 0.717) is 0 Å². The van der Waals surface area contributed by atoms with Crippen molar-refractivity contribution in [1.29, 1.82) is 0 Å². The molecule has 0 amide bonds. The van der Waals surface area contributed by atoms with Crippen LogP contribution in [-0.4, -0.2) is 22.9 Å². The summed E-state index contributed by atoms with van der Waals surface area (Å²) in [5, 5.41) is -1.10. The second-order valence-corrected chi connectivity index (χ2v) is 5.65. The van der Waals surface area contributed by atoms with E-state index in [0.717, 1.165) is 11.1 Å². The van der Waals surface area contributed by atoms with Crippen molar-refractivity contribution >= 4 is 10.1 Å². The van der Waals surface area contributed by atoms with Crippen LogP contribution in [0.15, 0.2) is 42.9 Å². The van der Waals surface area contributed by atoms with Crippen molar-refractivity contribution in [3.8, 4) is 11.1 Å². The molecule has 1 unspecified atom stereocenters. The zero-order valence-corrected chi connectivity index (χ0v) is 11.2. The molecule has 5 nitrogen and oxygen atoms in total. The number of nitrogens with zero attached hydrogens (tertiary/aromatic N) is 2. The number of rotatable bonds is 4. The van der Waals surface area contributed by atoms with Gasteiger partial charge in [-0.25, -0.2) is 8.42 Å². The van der Waals surface area contributed by atoms with Crippen LogP contribution in [0.5, 0.6) is 0 Å². The van der Waals surface area contributed by atoms with E-state index in [2.05, 4.69) is 9.97 Å². The maximum absolute atomic E-state index is 11.2. The Labute approximate surface area is 112 Å². The monoisotopic (exact) mass is 277 g/mol. The minimum atomic E-state index is -4.39. The number of hydrogen-bond donors (Lipinski definition) is 0. The molecule has 2 rings (SSSR count). The molecule has 0 saturated heterocycles. The van der Waals surface area contributed by atoms with Crippen molar-refractivity contribution in [1.82, 2.24) is 9.97 Å². The minimum absolute atomic E-state index is 0.207. The smallest absolute Gasteiger partial charge is 0.103 e. The Morgan fingerprint density at radius 2 is 1.79 bits per heavy atom. The van der Waals surface area contributed by atoms with Crippen LogP contribution in [-0.2, 0) is 10.1 Å². The molecule has 100 valence electrons. The summed E-state index contributed by atoms with van der Waals surface area (Å²) in [7, 11) is -4.39. The van der Waals surface area contributed by atoms with Crippen molar-refractivity contribution in [2.45, 2.75) is 18.6 Å². The van der Waals surface area contributed by atoms with Crippen molar-refractivity contribution in [2.75, 3.05) is 0 Å². The zero-order valence-electron chi connectivity index (χ0n) is 10.4. The van der Waals surface area contributed by atoms with Gasteiger partial charge in [0.1, 0.15) is 10.1 Å². The summed E-state index contributed by atoms with van der Waals surface area (Å²) in [5.41, 5.74) is 2.00. The molecule has 0 saturated carbocycles. The van der Waals surface area contributed by atoms with Gasteiger partial charge in [-0.3, -0.25) is 9.97 Å². The third kappa shape index (κ3) is 3.15. The van der Waals surface area contributed by atoms with Gasteiger partial charge >= 0.3 is 0 Å². The van der Waals surface area contributed by atoms with Gasteiger partial charge in [0.05, 0.1) is 10.9 Å². The topological polar surface area (TPSA) is 83.0 Å². The first-order chi connectivity index (χ1) is 9.02. The van der Waals surface area contributed by atoms with Gasteiger partial charge < -0.3 is 4.55 Å². The van der Waals surface area contributed by atoms with Gasteiger partial charge in [0.25, 0.3) is 0 Å². The standard InChI is InChI=1S/C13H14N2O3S/c1-2-13(19(16,17)18)12-9-11(5-8-15-12)10-3-6-14-7-4-10/h3-9,13H,2H2,1H3,(H,16,17,18)/p-1. The molecular weight excluding hydrogens is 264 g/mol. The third-order valence-corrected chi connectivity index (χ3v) is 4.12. The fraction of sp³-hybridized carbons (Fsp3) is 0.231. The number of aromatic nitrogens is 2. The van der Waals surface area contributed by atoms with Crippen LogP contribution in [0.1, 0.15) is 24.3 Å². The second-order valence-electron chi connectivity index (χ2n) is 4.09. The highest BCUT2D eigenvalue weighted by atomic mass is 32.2. The van der Waals surface area contributed by atoms with Crippen LogP contribution in [0.4, 0.5) is 0 Å². The molecule has 0 aliphatic heterocycles. The van der Waals surface area contributed by atoms with Crippen LogP contribution in [0.3, 0.4) is 0 Å². The summed E-state index contributed by atoms with van der Waals surface area (Å²) >= 11 is 0. The van der Waals surface area contributed by atoms with E-state index in [4.69, 9.17) is 0 Å². The van der Waals surface area contributed by atoms with Crippen molar-refractivity contribution in [3.05, 3.63) is 48.5 Å². The maximum atomic E-state index is 11.2. The van der Waals surface area contributed by atoms with Gasteiger partial charge in [-0.1, -0.05) is 6.92 Å². The zero-order chi connectivity index (χ0) is 13.9. The molecule has 0 aliphatic rings. The normalized spacial score (nSPS) is 13.2. The molecule has 0 aliphatic carbocycles. The van der Waals surface area contributed by atoms with Crippen LogP contribution < -0.4 is 0 Å². The van der Waals surface area contributed by atoms with Gasteiger partial charge in [0, 0.05) is 18.6 Å². The van der Waals surface area contributed by atoms with E-state index >= 15 is 0 Å². The van der Waals surface area contributed by atoms with E-state index < -0.39 is 15.4 Å². The molecule has 2 aromatic heterocycles. The summed E-state index contributed by atoms with van der Waals surface area (Å²) in [6, 6.07) is 7.03. The molecular formula is C13H13N2O3S-. The number of hydrogen-bond acceptors (Lipinski definition) is 5. The SMILES string of the molecule is CCC(c1cc(-c2ccncc2)ccn1)S(=O)(=O)[O-]. The van der Waals surface area contributed by atoms with Crippen LogP contribution in [0.2, 0.25) is 0 Å². The third-order valence-electron chi connectivity index (χ3n) is 2.84. The Balaban J connectivity index is 2.45. The molecule has 1 atom stereocenters. The fourth-order valence-corrected chi connectivity index (χ4v) is 2.74. The first-order valence-corrected chi connectivity index (χ1v) is 7.30. The molecule has 6 heteroatoms. The molecule has 0 aromatic carbocycles. The van der Waals surface area contributed by atoms with Gasteiger partial charge in [0.2, 0.25) is 0 Å². The average molecular weight is 277 g/mol. The first kappa shape index (κ1) is 13.6. The summed E-state index contributed by atoms with van der Waals surface area (Å²) in [5.74, 6) is 0. The second kappa shape index (κ2) is 5.46. The van der Waals surface area contributed by atoms with E-state index in [-0.39, 0.29) is 12.1 Å². The molecule has 0 fully saturated rings. The Morgan fingerprint density at radius 3 is 2.37 bits per heavy atom. The average Bonchev–Trinajstić information content (AvgIpc) is 2.39. The van der Waals surface area contributed by atoms with Gasteiger partial charge in [0.15, 0.2) is 0 Å². The summed E-state index contributed by atoms with van der Waals surface area (Å²) in [6.45, 7) is 1.65. The van der Waals surface area contributed by atoms with Crippen LogP contribution in [0.25, 0.3) is 11.1 Å². The highest BCUT2D eigenvalue weighted by Crippen LogP contribution is 2.26. The van der Waals surface area contributed by atoms with E-state index in [1.54, 1.807) is 31.5 Å². The molecule has 19 heavy (non-hydrogen) atoms. The quantitative estimate of drug-likeness (QED) is 0.799. The lowest BCUT2D eigenvalue weighted by Gasteiger charge is -2.18. The summed E-state index contributed by atoms with van der Waals surface area (Å²) < 4.78 is 33.6. The Bertz CT molecular complexity index is 657. The molecule has 2 aromatic rings. The van der Waals surface area contributed by atoms with Gasteiger partial charge in [-0.05, 0) is 41.8 Å². The lowest BCUT2D eigenvalue weighted by atomic mass is 10.1. The van der Waals surface area contributed by atoms with Crippen molar-refractivity contribution < 1.29 is 13.0 Å². The van der Waals surface area contributed by atoms with E-state index in [1.165, 1.54) is 6.20 Å². The van der Waals surface area contributed by atoms with Crippen LogP contribution in [0, 0.1) is 0 Å². The largest absolute Gasteiger partial charge is 0.747 e. The van der Waals surface area contributed by atoms with E-state index in [9.17, 15) is 13.0 Å². The molecule has 0 radical (unpaired) electrons. The van der Waals surface area contributed by atoms with Gasteiger partial charge in [-0.2, -0.15) is 0 Å². The lowest BCUT2D eigenvalue weighted by molar-refractivity contribution is 0.446. The highest BCUT2D eigenvalue weighted by Gasteiger charge is 2.18. The highest BCUT2D eigenvalue weighted by molar-refractivity contribution is 7.86. The Hall–Kier alpha value is -1.79. The Kier molecular flexibility index (Phi) is 3.92. The predicted octanol–water partition coefficient (Wildman–Crippen LogP) is 2.14. The fourth-order valence-electron chi connectivity index (χ4n) is 1.91. The number of pyridine rings is 2. The van der Waals surface area contributed by atoms with Crippen molar-refractivity contribution in [2.24, 2.45) is 0 Å². The minimum Gasteiger partial charge on any atom is -0.747 e. The lowest BCUT2D eigenvalue weighted by Crippen LogP contribution is -2.13. The molecule has 2 heterocycles. The first-order valence-electron chi connectivity index (χ1n) is 5.83. The Morgan fingerprint density at radius 1 is 1.16 bits per heavy atom. The molecule has 0 N–H and O–H groups in total. The van der Waals surface area contributed by atoms with Crippen LogP contribution >= 0.6 is 0 Å². The summed E-state index contributed by atoms with van der Waals surface area (Å²) in [4.78, 5) is 7.93. The van der Waals surface area contributed by atoms with E-state index in [1.807, 2.05) is 12.1 Å². The van der Waals surface area contributed by atoms with Gasteiger partial charge in [-0.15, -0.1) is 0 Å². The maximum Gasteiger partial charge on any atom is 0.103 e. The molecule has 0 bridgehead atoms. The van der Waals surface area contributed by atoms with Crippen molar-refractivity contribution in [3.63, 3.8) is 0 Å².